The van der Waals surface area contributed by atoms with E-state index in [1.165, 1.54) is 0 Å². The van der Waals surface area contributed by atoms with Crippen molar-refractivity contribution in [2.45, 2.75) is 37.3 Å². The lowest BCUT2D eigenvalue weighted by atomic mass is 9.83. The van der Waals surface area contributed by atoms with Crippen LogP contribution in [0.1, 0.15) is 31.0 Å². The molecule has 0 aliphatic heterocycles. The Morgan fingerprint density at radius 2 is 1.83 bits per heavy atom. The van der Waals surface area contributed by atoms with Crippen LogP contribution in [0.3, 0.4) is 0 Å². The van der Waals surface area contributed by atoms with Gasteiger partial charge in [-0.1, -0.05) is 24.3 Å². The van der Waals surface area contributed by atoms with E-state index in [1.807, 2.05) is 59.3 Å². The number of aliphatic hydroxyl groups is 1. The van der Waals surface area contributed by atoms with E-state index < -0.39 is 6.10 Å². The highest BCUT2D eigenvalue weighted by Crippen LogP contribution is 2.33. The summed E-state index contributed by atoms with van der Waals surface area (Å²) in [4.78, 5) is 14.0. The Kier molecular flexibility index (Phi) is 4.54. The number of aromatic nitrogens is 5. The summed E-state index contributed by atoms with van der Waals surface area (Å²) in [5.74, 6) is 2.20. The molecule has 7 heteroatoms. The lowest BCUT2D eigenvalue weighted by Gasteiger charge is -2.30. The van der Waals surface area contributed by atoms with Gasteiger partial charge in [0.2, 0.25) is 5.82 Å². The molecular weight excluding hydrogens is 364 g/mol. The Hall–Kier alpha value is -3.16. The van der Waals surface area contributed by atoms with E-state index in [0.717, 1.165) is 23.1 Å². The lowest BCUT2D eigenvalue weighted by molar-refractivity contribution is 0.0989. The van der Waals surface area contributed by atoms with Gasteiger partial charge in [-0.2, -0.15) is 4.68 Å². The molecule has 3 atom stereocenters. The van der Waals surface area contributed by atoms with Crippen molar-refractivity contribution in [1.82, 2.24) is 24.7 Å². The van der Waals surface area contributed by atoms with Gasteiger partial charge in [-0.15, -0.1) is 5.10 Å². The molecule has 1 aromatic carbocycles. The van der Waals surface area contributed by atoms with Crippen LogP contribution < -0.4 is 5.73 Å². The molecule has 0 amide bonds. The van der Waals surface area contributed by atoms with Crippen LogP contribution in [-0.2, 0) is 0 Å². The topological polar surface area (TPSA) is 103 Å². The maximum absolute atomic E-state index is 10.0. The van der Waals surface area contributed by atoms with Gasteiger partial charge in [-0.05, 0) is 49.6 Å². The van der Waals surface area contributed by atoms with E-state index in [9.17, 15) is 5.11 Å². The molecule has 0 unspecified atom stereocenters. The number of benzene rings is 1. The average Bonchev–Trinajstić information content (AvgIpc) is 3.21. The fraction of sp³-hybridized carbons (Fsp3) is 0.273. The van der Waals surface area contributed by atoms with E-state index in [-0.39, 0.29) is 12.0 Å². The van der Waals surface area contributed by atoms with E-state index >= 15 is 0 Å². The molecule has 146 valence electrons. The van der Waals surface area contributed by atoms with Crippen molar-refractivity contribution in [2.24, 2.45) is 5.73 Å². The molecule has 1 fully saturated rings. The smallest absolute Gasteiger partial charge is 0.200 e. The first-order chi connectivity index (χ1) is 14.2. The van der Waals surface area contributed by atoms with Crippen molar-refractivity contribution in [3.8, 4) is 17.3 Å². The lowest BCUT2D eigenvalue weighted by Crippen LogP contribution is -2.40. The predicted octanol–water partition coefficient (Wildman–Crippen LogP) is 2.83. The molecule has 3 N–H and O–H groups in total. The molecule has 3 heterocycles. The zero-order valence-electron chi connectivity index (χ0n) is 15.9. The minimum atomic E-state index is -0.461. The number of hydrogen-bond acceptors (Lipinski definition) is 6. The van der Waals surface area contributed by atoms with Crippen LogP contribution in [0.2, 0.25) is 0 Å². The van der Waals surface area contributed by atoms with Gasteiger partial charge >= 0.3 is 0 Å². The number of hydrogen-bond donors (Lipinski definition) is 2. The number of pyridine rings is 2. The number of aliphatic hydroxyl groups excluding tert-OH is 1. The van der Waals surface area contributed by atoms with Crippen LogP contribution in [-0.4, -0.2) is 42.0 Å². The minimum Gasteiger partial charge on any atom is -0.392 e. The second-order valence-electron chi connectivity index (χ2n) is 7.52. The van der Waals surface area contributed by atoms with E-state index in [4.69, 9.17) is 20.8 Å². The minimum absolute atomic E-state index is 0.103. The maximum Gasteiger partial charge on any atom is 0.200 e. The predicted molar refractivity (Wildman–Crippen MR) is 110 cm³/mol. The van der Waals surface area contributed by atoms with Crippen molar-refractivity contribution in [2.75, 3.05) is 0 Å². The molecule has 0 spiro atoms. The molecule has 0 radical (unpaired) electrons. The Morgan fingerprint density at radius 3 is 2.66 bits per heavy atom. The highest BCUT2D eigenvalue weighted by atomic mass is 16.3. The normalized spacial score (nSPS) is 22.1. The van der Waals surface area contributed by atoms with Gasteiger partial charge < -0.3 is 10.8 Å². The number of nitrogens with two attached hydrogens (primary N) is 1. The third-order valence-electron chi connectivity index (χ3n) is 5.55. The quantitative estimate of drug-likeness (QED) is 0.561. The third-order valence-corrected chi connectivity index (χ3v) is 5.55. The standard InChI is InChI=1S/C22H22N6O/c23-16-13-15(8-10-19(16)29)22-26-21(18-7-3-4-12-24-18)27-28(22)20-11-9-14-5-1-2-6-17(14)25-20/h1-7,9,11-12,15-16,19,29H,8,10,13,23H2/t15-,16+,19+/m0/s1. The van der Waals surface area contributed by atoms with Crippen molar-refractivity contribution in [3.05, 3.63) is 66.6 Å². The molecular formula is C22H22N6O. The second kappa shape index (κ2) is 7.35. The Bertz CT molecular complexity index is 1140. The van der Waals surface area contributed by atoms with Crippen LogP contribution in [0.4, 0.5) is 0 Å². The number of para-hydroxylation sites is 1. The van der Waals surface area contributed by atoms with Crippen molar-refractivity contribution < 1.29 is 5.11 Å². The van der Waals surface area contributed by atoms with E-state index in [0.29, 0.717) is 30.2 Å². The van der Waals surface area contributed by atoms with Crippen molar-refractivity contribution in [1.29, 1.82) is 0 Å². The van der Waals surface area contributed by atoms with Crippen LogP contribution in [0, 0.1) is 0 Å². The number of rotatable bonds is 3. The summed E-state index contributed by atoms with van der Waals surface area (Å²) in [7, 11) is 0. The molecule has 3 aromatic heterocycles. The molecule has 7 nitrogen and oxygen atoms in total. The van der Waals surface area contributed by atoms with Crippen LogP contribution in [0.15, 0.2) is 60.8 Å². The van der Waals surface area contributed by atoms with Gasteiger partial charge in [-0.25, -0.2) is 9.97 Å². The first-order valence-electron chi connectivity index (χ1n) is 9.87. The molecule has 1 saturated carbocycles. The molecule has 4 aromatic rings. The molecule has 1 aliphatic rings. The summed E-state index contributed by atoms with van der Waals surface area (Å²) >= 11 is 0. The van der Waals surface area contributed by atoms with Crippen molar-refractivity contribution in [3.63, 3.8) is 0 Å². The third kappa shape index (κ3) is 3.39. The SMILES string of the molecule is N[C@@H]1C[C@@H](c2nc(-c3ccccn3)nn2-c2ccc3ccccc3n2)CC[C@H]1O. The van der Waals surface area contributed by atoms with Gasteiger partial charge in [0.1, 0.15) is 11.5 Å². The van der Waals surface area contributed by atoms with E-state index in [1.54, 1.807) is 6.20 Å². The highest BCUT2D eigenvalue weighted by Gasteiger charge is 2.31. The van der Waals surface area contributed by atoms with E-state index in [2.05, 4.69) is 4.98 Å². The summed E-state index contributed by atoms with van der Waals surface area (Å²) in [6.07, 6.45) is 3.40. The zero-order valence-corrected chi connectivity index (χ0v) is 15.9. The fourth-order valence-corrected chi connectivity index (χ4v) is 3.96. The number of fused-ring (bicyclic) bond motifs is 1. The summed E-state index contributed by atoms with van der Waals surface area (Å²) in [6.45, 7) is 0. The molecule has 0 bridgehead atoms. The Morgan fingerprint density at radius 1 is 0.966 bits per heavy atom. The average molecular weight is 386 g/mol. The van der Waals surface area contributed by atoms with Crippen LogP contribution in [0.5, 0.6) is 0 Å². The highest BCUT2D eigenvalue weighted by molar-refractivity contribution is 5.79. The second-order valence-corrected chi connectivity index (χ2v) is 7.52. The summed E-state index contributed by atoms with van der Waals surface area (Å²) in [5, 5.41) is 15.9. The van der Waals surface area contributed by atoms with Crippen LogP contribution in [0.25, 0.3) is 28.2 Å². The van der Waals surface area contributed by atoms with Gasteiger partial charge in [-0.3, -0.25) is 4.98 Å². The summed E-state index contributed by atoms with van der Waals surface area (Å²) in [6, 6.07) is 17.4. The Labute approximate surface area is 168 Å². The summed E-state index contributed by atoms with van der Waals surface area (Å²) < 4.78 is 1.81. The molecule has 5 rings (SSSR count). The Balaban J connectivity index is 1.63. The van der Waals surface area contributed by atoms with Crippen LogP contribution >= 0.6 is 0 Å². The van der Waals surface area contributed by atoms with Gasteiger partial charge in [0.15, 0.2) is 5.82 Å². The zero-order chi connectivity index (χ0) is 19.8. The molecule has 1 aliphatic carbocycles. The monoisotopic (exact) mass is 386 g/mol. The van der Waals surface area contributed by atoms with Gasteiger partial charge in [0, 0.05) is 23.5 Å². The first kappa shape index (κ1) is 17.9. The maximum atomic E-state index is 10.0. The van der Waals surface area contributed by atoms with Gasteiger partial charge in [0.05, 0.1) is 11.6 Å². The fourth-order valence-electron chi connectivity index (χ4n) is 3.96. The van der Waals surface area contributed by atoms with Gasteiger partial charge in [0.25, 0.3) is 0 Å². The van der Waals surface area contributed by atoms with Crippen molar-refractivity contribution >= 4 is 10.9 Å². The first-order valence-corrected chi connectivity index (χ1v) is 9.87. The molecule has 29 heavy (non-hydrogen) atoms. The summed E-state index contributed by atoms with van der Waals surface area (Å²) in [5.41, 5.74) is 7.77. The number of nitrogens with zero attached hydrogens (tertiary/aromatic N) is 5. The largest absolute Gasteiger partial charge is 0.392 e. The molecule has 0 saturated heterocycles.